The Morgan fingerprint density at radius 2 is 1.93 bits per heavy atom. The fraction of sp³-hybridized carbons (Fsp3) is 0.474. The molecule has 6 nitrogen and oxygen atoms in total. The molecule has 0 saturated carbocycles. The van der Waals surface area contributed by atoms with Crippen LogP contribution in [-0.2, 0) is 11.4 Å². The molecule has 4 rings (SSSR count). The Kier molecular flexibility index (Phi) is 5.16. The van der Waals surface area contributed by atoms with Crippen LogP contribution in [0.1, 0.15) is 24.1 Å². The fourth-order valence-corrected chi connectivity index (χ4v) is 4.18. The average Bonchev–Trinajstić information content (AvgIpc) is 3.12. The van der Waals surface area contributed by atoms with Crippen LogP contribution in [0.5, 0.6) is 0 Å². The summed E-state index contributed by atoms with van der Waals surface area (Å²) in [5.41, 5.74) is 2.19. The van der Waals surface area contributed by atoms with Crippen LogP contribution in [0.15, 0.2) is 23.0 Å². The molecule has 0 unspecified atom stereocenters. The van der Waals surface area contributed by atoms with Gasteiger partial charge in [0, 0.05) is 40.1 Å². The Morgan fingerprint density at radius 1 is 1.19 bits per heavy atom. The Balaban J connectivity index is 1.77. The number of aromatic nitrogens is 2. The number of aryl methyl sites for hydroxylation is 1. The Labute approximate surface area is 168 Å². The van der Waals surface area contributed by atoms with E-state index in [1.165, 1.54) is 0 Å². The molecule has 1 atom stereocenters. The van der Waals surface area contributed by atoms with E-state index in [9.17, 15) is 4.79 Å². The highest BCUT2D eigenvalue weighted by Gasteiger charge is 2.29. The standard InChI is InChI=1S/C19H22Cl2N4O2/c1-12-13(2)22-19-24(16-7-14(20)6-15(21)8-16)10-23(11-25(19)18(12)26)9-17-4-3-5-27-17/h6-8,17H,3-5,9-11H2,1-2H3/t17-/m1/s1. The molecule has 144 valence electrons. The molecule has 0 radical (unpaired) electrons. The summed E-state index contributed by atoms with van der Waals surface area (Å²) in [6.07, 6.45) is 2.33. The second-order valence-corrected chi connectivity index (χ2v) is 8.06. The number of halogens is 2. The molecule has 1 fully saturated rings. The van der Waals surface area contributed by atoms with Crippen molar-refractivity contribution in [2.24, 2.45) is 0 Å². The van der Waals surface area contributed by atoms with Gasteiger partial charge in [0.25, 0.3) is 5.56 Å². The molecule has 2 aliphatic rings. The van der Waals surface area contributed by atoms with Crippen molar-refractivity contribution in [2.75, 3.05) is 24.7 Å². The van der Waals surface area contributed by atoms with Crippen molar-refractivity contribution in [3.8, 4) is 0 Å². The van der Waals surface area contributed by atoms with Crippen molar-refractivity contribution < 1.29 is 4.74 Å². The Bertz CT molecular complexity index is 904. The smallest absolute Gasteiger partial charge is 0.259 e. The molecule has 1 saturated heterocycles. The van der Waals surface area contributed by atoms with Gasteiger partial charge in [-0.1, -0.05) is 23.2 Å². The zero-order valence-corrected chi connectivity index (χ0v) is 16.9. The molecule has 0 aliphatic carbocycles. The quantitative estimate of drug-likeness (QED) is 0.774. The maximum absolute atomic E-state index is 12.9. The normalized spacial score (nSPS) is 20.1. The summed E-state index contributed by atoms with van der Waals surface area (Å²) in [5, 5.41) is 1.10. The molecule has 8 heteroatoms. The van der Waals surface area contributed by atoms with Gasteiger partial charge in [-0.3, -0.25) is 19.2 Å². The minimum atomic E-state index is -0.0207. The largest absolute Gasteiger partial charge is 0.377 e. The van der Waals surface area contributed by atoms with Crippen LogP contribution in [0, 0.1) is 13.8 Å². The SMILES string of the molecule is Cc1nc2n(c(=O)c1C)CN(C[C@H]1CCCO1)CN2c1cc(Cl)cc(Cl)c1. The maximum atomic E-state index is 12.9. The molecule has 2 aliphatic heterocycles. The number of hydrogen-bond donors (Lipinski definition) is 0. The van der Waals surface area contributed by atoms with Crippen molar-refractivity contribution >= 4 is 34.8 Å². The number of rotatable bonds is 3. The van der Waals surface area contributed by atoms with E-state index < -0.39 is 0 Å². The summed E-state index contributed by atoms with van der Waals surface area (Å²) >= 11 is 12.4. The molecule has 0 bridgehead atoms. The minimum Gasteiger partial charge on any atom is -0.377 e. The van der Waals surface area contributed by atoms with Crippen LogP contribution < -0.4 is 10.5 Å². The summed E-state index contributed by atoms with van der Waals surface area (Å²) in [5.74, 6) is 0.616. The number of fused-ring (bicyclic) bond motifs is 1. The van der Waals surface area contributed by atoms with Gasteiger partial charge in [0.2, 0.25) is 5.95 Å². The lowest BCUT2D eigenvalue weighted by atomic mass is 10.2. The number of ether oxygens (including phenoxy) is 1. The van der Waals surface area contributed by atoms with Gasteiger partial charge in [-0.15, -0.1) is 0 Å². The highest BCUT2D eigenvalue weighted by molar-refractivity contribution is 6.35. The topological polar surface area (TPSA) is 50.6 Å². The zero-order valence-electron chi connectivity index (χ0n) is 15.4. The van der Waals surface area contributed by atoms with E-state index in [1.807, 2.05) is 30.9 Å². The lowest BCUT2D eigenvalue weighted by molar-refractivity contribution is 0.0584. The second kappa shape index (κ2) is 7.43. The first-order valence-corrected chi connectivity index (χ1v) is 9.83. The first-order valence-electron chi connectivity index (χ1n) is 9.08. The predicted molar refractivity (Wildman–Crippen MR) is 107 cm³/mol. The maximum Gasteiger partial charge on any atom is 0.259 e. The third kappa shape index (κ3) is 3.72. The molecule has 3 heterocycles. The summed E-state index contributed by atoms with van der Waals surface area (Å²) in [6, 6.07) is 5.38. The highest BCUT2D eigenvalue weighted by atomic mass is 35.5. The molecular weight excluding hydrogens is 387 g/mol. The summed E-state index contributed by atoms with van der Waals surface area (Å²) in [4.78, 5) is 21.8. The summed E-state index contributed by atoms with van der Waals surface area (Å²) in [6.45, 7) is 6.33. The third-order valence-corrected chi connectivity index (χ3v) is 5.62. The van der Waals surface area contributed by atoms with Gasteiger partial charge in [0.1, 0.15) is 0 Å². The van der Waals surface area contributed by atoms with Gasteiger partial charge in [0.15, 0.2) is 0 Å². The first kappa shape index (κ1) is 18.7. The third-order valence-electron chi connectivity index (χ3n) is 5.19. The summed E-state index contributed by atoms with van der Waals surface area (Å²) < 4.78 is 7.51. The van der Waals surface area contributed by atoms with Crippen molar-refractivity contribution in [1.29, 1.82) is 0 Å². The Hall–Kier alpha value is -1.60. The van der Waals surface area contributed by atoms with E-state index in [0.717, 1.165) is 37.4 Å². The Morgan fingerprint density at radius 3 is 2.59 bits per heavy atom. The molecule has 27 heavy (non-hydrogen) atoms. The lowest BCUT2D eigenvalue weighted by Gasteiger charge is -2.39. The second-order valence-electron chi connectivity index (χ2n) is 7.18. The van der Waals surface area contributed by atoms with E-state index in [2.05, 4.69) is 4.90 Å². The van der Waals surface area contributed by atoms with Crippen molar-refractivity contribution in [1.82, 2.24) is 14.5 Å². The van der Waals surface area contributed by atoms with Gasteiger partial charge in [-0.05, 0) is 44.9 Å². The van der Waals surface area contributed by atoms with Crippen molar-refractivity contribution in [2.45, 2.75) is 39.5 Å². The van der Waals surface area contributed by atoms with Crippen LogP contribution in [0.25, 0.3) is 0 Å². The van der Waals surface area contributed by atoms with Crippen LogP contribution in [-0.4, -0.2) is 40.4 Å². The van der Waals surface area contributed by atoms with Gasteiger partial charge in [-0.25, -0.2) is 4.98 Å². The monoisotopic (exact) mass is 408 g/mol. The lowest BCUT2D eigenvalue weighted by Crippen LogP contribution is -2.49. The molecule has 2 aromatic rings. The number of benzene rings is 1. The van der Waals surface area contributed by atoms with Gasteiger partial charge in [0.05, 0.1) is 19.4 Å². The van der Waals surface area contributed by atoms with E-state index in [1.54, 1.807) is 10.6 Å². The molecule has 1 aromatic heterocycles. The van der Waals surface area contributed by atoms with E-state index >= 15 is 0 Å². The zero-order chi connectivity index (χ0) is 19.1. The van der Waals surface area contributed by atoms with Crippen LogP contribution >= 0.6 is 23.2 Å². The average molecular weight is 409 g/mol. The van der Waals surface area contributed by atoms with Gasteiger partial charge in [-0.2, -0.15) is 0 Å². The number of hydrogen-bond acceptors (Lipinski definition) is 5. The fourth-order valence-electron chi connectivity index (χ4n) is 3.67. The van der Waals surface area contributed by atoms with E-state index in [0.29, 0.717) is 34.9 Å². The van der Waals surface area contributed by atoms with Crippen LogP contribution in [0.4, 0.5) is 11.6 Å². The van der Waals surface area contributed by atoms with E-state index in [-0.39, 0.29) is 11.7 Å². The number of anilines is 2. The van der Waals surface area contributed by atoms with Crippen LogP contribution in [0.2, 0.25) is 10.0 Å². The predicted octanol–water partition coefficient (Wildman–Crippen LogP) is 3.71. The summed E-state index contributed by atoms with van der Waals surface area (Å²) in [7, 11) is 0. The molecule has 1 aromatic carbocycles. The minimum absolute atomic E-state index is 0.0207. The first-order chi connectivity index (χ1) is 12.9. The molecule has 0 N–H and O–H groups in total. The van der Waals surface area contributed by atoms with Crippen molar-refractivity contribution in [3.05, 3.63) is 49.9 Å². The van der Waals surface area contributed by atoms with E-state index in [4.69, 9.17) is 32.9 Å². The number of nitrogens with zero attached hydrogens (tertiary/aromatic N) is 4. The highest BCUT2D eigenvalue weighted by Crippen LogP contribution is 2.32. The van der Waals surface area contributed by atoms with Gasteiger partial charge >= 0.3 is 0 Å². The van der Waals surface area contributed by atoms with Gasteiger partial charge < -0.3 is 4.74 Å². The molecule has 0 spiro atoms. The molecular formula is C19H22Cl2N4O2. The van der Waals surface area contributed by atoms with Crippen molar-refractivity contribution in [3.63, 3.8) is 0 Å². The molecule has 0 amide bonds. The van der Waals surface area contributed by atoms with Crippen LogP contribution in [0.3, 0.4) is 0 Å².